The zero-order valence-electron chi connectivity index (χ0n) is 12.3. The zero-order valence-corrected chi connectivity index (χ0v) is 13.1. The molecule has 0 radical (unpaired) electrons. The smallest absolute Gasteiger partial charge is 0.238 e. The van der Waals surface area contributed by atoms with Gasteiger partial charge in [0.15, 0.2) is 0 Å². The van der Waals surface area contributed by atoms with Crippen LogP contribution in [-0.2, 0) is 4.79 Å². The number of benzene rings is 1. The minimum absolute atomic E-state index is 0.0726. The van der Waals surface area contributed by atoms with Crippen LogP contribution in [0.4, 0.5) is 5.69 Å². The van der Waals surface area contributed by atoms with Crippen molar-refractivity contribution in [3.63, 3.8) is 0 Å². The van der Waals surface area contributed by atoms with Crippen molar-refractivity contribution in [1.29, 1.82) is 0 Å². The Hall–Kier alpha value is -1.10. The summed E-state index contributed by atoms with van der Waals surface area (Å²) in [7, 11) is 0. The van der Waals surface area contributed by atoms with E-state index in [-0.39, 0.29) is 18.6 Å². The van der Waals surface area contributed by atoms with E-state index in [1.165, 1.54) is 0 Å². The highest BCUT2D eigenvalue weighted by Crippen LogP contribution is 2.19. The number of rotatable bonds is 7. The second-order valence-electron chi connectivity index (χ2n) is 5.15. The number of hydrogen-bond donors (Lipinski definition) is 2. The molecule has 1 aromatic carbocycles. The molecule has 0 aromatic heterocycles. The van der Waals surface area contributed by atoms with E-state index in [1.54, 1.807) is 6.07 Å². The molecule has 0 aliphatic carbocycles. The number of aryl methyl sites for hydroxylation is 1. The van der Waals surface area contributed by atoms with Crippen LogP contribution in [0.1, 0.15) is 25.8 Å². The monoisotopic (exact) mass is 298 g/mol. The van der Waals surface area contributed by atoms with Gasteiger partial charge >= 0.3 is 0 Å². The summed E-state index contributed by atoms with van der Waals surface area (Å²) in [4.78, 5) is 14.1. The van der Waals surface area contributed by atoms with Crippen molar-refractivity contribution in [2.24, 2.45) is 0 Å². The topological polar surface area (TPSA) is 52.6 Å². The first-order valence-electron chi connectivity index (χ1n) is 6.85. The minimum Gasteiger partial charge on any atom is -0.396 e. The Kier molecular flexibility index (Phi) is 6.99. The van der Waals surface area contributed by atoms with Gasteiger partial charge in [-0.3, -0.25) is 9.69 Å². The first-order chi connectivity index (χ1) is 9.43. The normalized spacial score (nSPS) is 11.2. The fraction of sp³-hybridized carbons (Fsp3) is 0.533. The second-order valence-corrected chi connectivity index (χ2v) is 5.56. The third kappa shape index (κ3) is 5.49. The molecule has 0 fully saturated rings. The van der Waals surface area contributed by atoms with Crippen molar-refractivity contribution >= 4 is 23.2 Å². The number of carbonyl (C=O) groups is 1. The van der Waals surface area contributed by atoms with Crippen LogP contribution >= 0.6 is 11.6 Å². The average molecular weight is 299 g/mol. The third-order valence-corrected chi connectivity index (χ3v) is 3.54. The highest BCUT2D eigenvalue weighted by atomic mass is 35.5. The Morgan fingerprint density at radius 1 is 1.45 bits per heavy atom. The van der Waals surface area contributed by atoms with E-state index in [1.807, 2.05) is 37.8 Å². The van der Waals surface area contributed by atoms with Crippen molar-refractivity contribution in [3.05, 3.63) is 28.8 Å². The minimum atomic E-state index is -0.0726. The molecule has 0 aliphatic rings. The second kappa shape index (κ2) is 8.25. The van der Waals surface area contributed by atoms with E-state index in [0.29, 0.717) is 30.2 Å². The largest absolute Gasteiger partial charge is 0.396 e. The molecule has 1 amide bonds. The maximum Gasteiger partial charge on any atom is 0.238 e. The van der Waals surface area contributed by atoms with E-state index in [0.717, 1.165) is 5.56 Å². The van der Waals surface area contributed by atoms with Crippen molar-refractivity contribution < 1.29 is 9.90 Å². The summed E-state index contributed by atoms with van der Waals surface area (Å²) >= 11 is 6.03. The maximum absolute atomic E-state index is 12.0. The van der Waals surface area contributed by atoms with Gasteiger partial charge in [-0.2, -0.15) is 0 Å². The van der Waals surface area contributed by atoms with Crippen molar-refractivity contribution in [2.45, 2.75) is 33.2 Å². The molecule has 0 spiro atoms. The van der Waals surface area contributed by atoms with Crippen LogP contribution < -0.4 is 5.32 Å². The zero-order chi connectivity index (χ0) is 15.1. The van der Waals surface area contributed by atoms with Gasteiger partial charge in [-0.1, -0.05) is 17.7 Å². The van der Waals surface area contributed by atoms with Gasteiger partial charge in [0.1, 0.15) is 0 Å². The molecule has 0 heterocycles. The summed E-state index contributed by atoms with van der Waals surface area (Å²) in [6, 6.07) is 5.73. The Bertz CT molecular complexity index is 449. The maximum atomic E-state index is 12.0. The van der Waals surface area contributed by atoms with Crippen LogP contribution in [-0.4, -0.2) is 41.7 Å². The van der Waals surface area contributed by atoms with Crippen molar-refractivity contribution in [1.82, 2.24) is 4.90 Å². The van der Waals surface area contributed by atoms with E-state index in [4.69, 9.17) is 16.7 Å². The molecule has 5 heteroatoms. The van der Waals surface area contributed by atoms with Crippen molar-refractivity contribution in [3.8, 4) is 0 Å². The van der Waals surface area contributed by atoms with E-state index in [9.17, 15) is 4.79 Å². The lowest BCUT2D eigenvalue weighted by atomic mass is 10.2. The fourth-order valence-electron chi connectivity index (χ4n) is 1.85. The molecule has 1 rings (SSSR count). The van der Waals surface area contributed by atoms with E-state index >= 15 is 0 Å². The lowest BCUT2D eigenvalue weighted by Crippen LogP contribution is -2.39. The number of halogens is 1. The standard InChI is InChI=1S/C15H23ClN2O2/c1-11(2)18(7-4-8-19)10-15(20)17-13-6-5-12(3)14(16)9-13/h5-6,9,11,19H,4,7-8,10H2,1-3H3,(H,17,20). The first-order valence-corrected chi connectivity index (χ1v) is 7.22. The third-order valence-electron chi connectivity index (χ3n) is 3.14. The summed E-state index contributed by atoms with van der Waals surface area (Å²) in [5, 5.41) is 12.4. The average Bonchev–Trinajstić information content (AvgIpc) is 2.38. The summed E-state index contributed by atoms with van der Waals surface area (Å²) < 4.78 is 0. The molecule has 0 atom stereocenters. The summed E-state index contributed by atoms with van der Waals surface area (Å²) in [6.07, 6.45) is 0.668. The molecule has 0 saturated carbocycles. The molecule has 0 bridgehead atoms. The van der Waals surface area contributed by atoms with Gasteiger partial charge in [-0.05, 0) is 44.9 Å². The number of nitrogens with zero attached hydrogens (tertiary/aromatic N) is 1. The quantitative estimate of drug-likeness (QED) is 0.814. The van der Waals surface area contributed by atoms with Gasteiger partial charge in [0.05, 0.1) is 6.54 Å². The van der Waals surface area contributed by atoms with Crippen molar-refractivity contribution in [2.75, 3.05) is 25.0 Å². The molecule has 0 saturated heterocycles. The Morgan fingerprint density at radius 2 is 2.15 bits per heavy atom. The Morgan fingerprint density at radius 3 is 2.70 bits per heavy atom. The van der Waals surface area contributed by atoms with Gasteiger partial charge in [-0.15, -0.1) is 0 Å². The molecule has 20 heavy (non-hydrogen) atoms. The molecular formula is C15H23ClN2O2. The summed E-state index contributed by atoms with van der Waals surface area (Å²) in [6.45, 7) is 7.14. The molecule has 112 valence electrons. The van der Waals surface area contributed by atoms with Gasteiger partial charge in [0.2, 0.25) is 5.91 Å². The summed E-state index contributed by atoms with van der Waals surface area (Å²) in [5.41, 5.74) is 1.69. The number of anilines is 1. The van der Waals surface area contributed by atoms with E-state index < -0.39 is 0 Å². The van der Waals surface area contributed by atoms with Crippen LogP contribution in [0.15, 0.2) is 18.2 Å². The molecular weight excluding hydrogens is 276 g/mol. The van der Waals surface area contributed by atoms with Crippen LogP contribution in [0.3, 0.4) is 0 Å². The molecule has 1 aromatic rings. The molecule has 2 N–H and O–H groups in total. The highest BCUT2D eigenvalue weighted by Gasteiger charge is 2.13. The van der Waals surface area contributed by atoms with Gasteiger partial charge in [-0.25, -0.2) is 0 Å². The SMILES string of the molecule is Cc1ccc(NC(=O)CN(CCCO)C(C)C)cc1Cl. The van der Waals surface area contributed by atoms with Crippen LogP contribution in [0.25, 0.3) is 0 Å². The van der Waals surface area contributed by atoms with Crippen LogP contribution in [0.2, 0.25) is 5.02 Å². The van der Waals surface area contributed by atoms with Gasteiger partial charge in [0, 0.05) is 29.9 Å². The number of amides is 1. The number of aliphatic hydroxyl groups excluding tert-OH is 1. The number of hydrogen-bond acceptors (Lipinski definition) is 3. The number of aliphatic hydroxyl groups is 1. The number of carbonyl (C=O) groups excluding carboxylic acids is 1. The molecule has 4 nitrogen and oxygen atoms in total. The lowest BCUT2D eigenvalue weighted by Gasteiger charge is -2.25. The Balaban J connectivity index is 2.58. The van der Waals surface area contributed by atoms with Crippen LogP contribution in [0, 0.1) is 6.92 Å². The lowest BCUT2D eigenvalue weighted by molar-refractivity contribution is -0.117. The summed E-state index contributed by atoms with van der Waals surface area (Å²) in [5.74, 6) is -0.0726. The van der Waals surface area contributed by atoms with E-state index in [2.05, 4.69) is 5.32 Å². The van der Waals surface area contributed by atoms with Gasteiger partial charge < -0.3 is 10.4 Å². The molecule has 0 unspecified atom stereocenters. The predicted molar refractivity (Wildman–Crippen MR) is 83.2 cm³/mol. The highest BCUT2D eigenvalue weighted by molar-refractivity contribution is 6.31. The van der Waals surface area contributed by atoms with Gasteiger partial charge in [0.25, 0.3) is 0 Å². The predicted octanol–water partition coefficient (Wildman–Crippen LogP) is 2.68. The van der Waals surface area contributed by atoms with Crippen LogP contribution in [0.5, 0.6) is 0 Å². The number of nitrogens with one attached hydrogen (secondary N) is 1. The Labute approximate surface area is 125 Å². The molecule has 0 aliphatic heterocycles. The first kappa shape index (κ1) is 17.0. The fourth-order valence-corrected chi connectivity index (χ4v) is 2.03.